The van der Waals surface area contributed by atoms with E-state index in [1.54, 1.807) is 19.1 Å². The number of primary amides is 1. The molecule has 1 atom stereocenters. The van der Waals surface area contributed by atoms with Gasteiger partial charge in [0.05, 0.1) is 12.5 Å². The molecule has 0 radical (unpaired) electrons. The summed E-state index contributed by atoms with van der Waals surface area (Å²) >= 11 is 0. The van der Waals surface area contributed by atoms with Gasteiger partial charge in [0.25, 0.3) is 0 Å². The number of benzene rings is 1. The first-order chi connectivity index (χ1) is 14.4. The summed E-state index contributed by atoms with van der Waals surface area (Å²) in [5.41, 5.74) is 6.01. The molecule has 0 spiro atoms. The predicted molar refractivity (Wildman–Crippen MR) is 109 cm³/mol. The van der Waals surface area contributed by atoms with Crippen LogP contribution in [0.25, 0.3) is 6.08 Å². The van der Waals surface area contributed by atoms with Gasteiger partial charge in [0, 0.05) is 19.2 Å². The average molecular weight is 425 g/mol. The van der Waals surface area contributed by atoms with Gasteiger partial charge in [-0.15, -0.1) is 0 Å². The quantitative estimate of drug-likeness (QED) is 0.420. The summed E-state index contributed by atoms with van der Waals surface area (Å²) in [6, 6.07) is 4.48. The lowest BCUT2D eigenvalue weighted by molar-refractivity contribution is -0.123. The fraction of sp³-hybridized carbons (Fsp3) is 0.524. The van der Waals surface area contributed by atoms with Crippen LogP contribution in [0, 0.1) is 5.92 Å². The van der Waals surface area contributed by atoms with Crippen LogP contribution in [0.2, 0.25) is 0 Å². The third-order valence-electron chi connectivity index (χ3n) is 4.77. The van der Waals surface area contributed by atoms with E-state index in [1.807, 2.05) is 0 Å². The van der Waals surface area contributed by atoms with Crippen LogP contribution < -0.4 is 20.5 Å². The number of piperidine rings is 1. The van der Waals surface area contributed by atoms with Gasteiger partial charge in [-0.3, -0.25) is 9.59 Å². The monoisotopic (exact) mass is 425 g/mol. The molecule has 30 heavy (non-hydrogen) atoms. The highest BCUT2D eigenvalue weighted by molar-refractivity contribution is 5.91. The van der Waals surface area contributed by atoms with Crippen LogP contribution in [0.15, 0.2) is 24.3 Å². The molecule has 0 aliphatic carbocycles. The molecule has 7 nitrogen and oxygen atoms in total. The molecule has 3 N–H and O–H groups in total. The van der Waals surface area contributed by atoms with Gasteiger partial charge in [-0.25, -0.2) is 0 Å². The summed E-state index contributed by atoms with van der Waals surface area (Å²) in [4.78, 5) is 25.5. The first-order valence-electron chi connectivity index (χ1n) is 10.1. The largest absolute Gasteiger partial charge is 0.490 e. The number of hydrogen-bond donors (Lipinski definition) is 2. The Labute approximate surface area is 175 Å². The molecule has 166 valence electrons. The second-order valence-corrected chi connectivity index (χ2v) is 7.04. The van der Waals surface area contributed by atoms with E-state index < -0.39 is 6.61 Å². The van der Waals surface area contributed by atoms with E-state index in [9.17, 15) is 18.4 Å². The number of rotatable bonds is 11. The van der Waals surface area contributed by atoms with Crippen molar-refractivity contribution in [3.8, 4) is 11.5 Å². The second-order valence-electron chi connectivity index (χ2n) is 7.04. The molecule has 2 rings (SSSR count). The third-order valence-corrected chi connectivity index (χ3v) is 4.77. The number of carbonyl (C=O) groups excluding carboxylic acids is 2. The van der Waals surface area contributed by atoms with Crippen molar-refractivity contribution in [1.29, 1.82) is 0 Å². The van der Waals surface area contributed by atoms with Crippen LogP contribution in [-0.2, 0) is 9.59 Å². The van der Waals surface area contributed by atoms with Gasteiger partial charge in [-0.1, -0.05) is 6.07 Å². The SMILES string of the molecule is CCOc1cc(/C=C/C(=O)NCCCN2CCCC(C(N)=O)C2)ccc1OC(F)F. The van der Waals surface area contributed by atoms with E-state index in [2.05, 4.69) is 15.0 Å². The van der Waals surface area contributed by atoms with Crippen LogP contribution >= 0.6 is 0 Å². The Hall–Kier alpha value is -2.68. The Morgan fingerprint density at radius 1 is 1.37 bits per heavy atom. The van der Waals surface area contributed by atoms with Crippen molar-refractivity contribution >= 4 is 17.9 Å². The summed E-state index contributed by atoms with van der Waals surface area (Å²) < 4.78 is 34.6. The van der Waals surface area contributed by atoms with Crippen LogP contribution in [0.4, 0.5) is 8.78 Å². The molecular weight excluding hydrogens is 396 g/mol. The number of ether oxygens (including phenoxy) is 2. The van der Waals surface area contributed by atoms with Gasteiger partial charge in [-0.2, -0.15) is 8.78 Å². The van der Waals surface area contributed by atoms with Crippen molar-refractivity contribution in [2.24, 2.45) is 11.7 Å². The number of nitrogens with zero attached hydrogens (tertiary/aromatic N) is 1. The van der Waals surface area contributed by atoms with E-state index in [1.165, 1.54) is 18.2 Å². The minimum atomic E-state index is -2.94. The molecule has 0 aromatic heterocycles. The fourth-order valence-electron chi connectivity index (χ4n) is 3.33. The van der Waals surface area contributed by atoms with Gasteiger partial charge in [-0.05, 0) is 63.0 Å². The maximum Gasteiger partial charge on any atom is 0.387 e. The highest BCUT2D eigenvalue weighted by Crippen LogP contribution is 2.30. The summed E-state index contributed by atoms with van der Waals surface area (Å²) in [7, 11) is 0. The van der Waals surface area contributed by atoms with Crippen molar-refractivity contribution in [2.75, 3.05) is 32.8 Å². The lowest BCUT2D eigenvalue weighted by Gasteiger charge is -2.31. The minimum Gasteiger partial charge on any atom is -0.490 e. The number of carbonyl (C=O) groups is 2. The number of likely N-dealkylation sites (tertiary alicyclic amines) is 1. The number of nitrogens with two attached hydrogens (primary N) is 1. The normalized spacial score (nSPS) is 17.3. The summed E-state index contributed by atoms with van der Waals surface area (Å²) in [6.07, 6.45) is 5.51. The van der Waals surface area contributed by atoms with Crippen LogP contribution in [-0.4, -0.2) is 56.1 Å². The van der Waals surface area contributed by atoms with Crippen LogP contribution in [0.3, 0.4) is 0 Å². The molecule has 1 unspecified atom stereocenters. The molecule has 1 aliphatic heterocycles. The standard InChI is InChI=1S/C21H29F2N3O4/c1-2-29-18-13-15(6-8-17(18)30-21(22)23)7-9-19(27)25-10-4-12-26-11-3-5-16(14-26)20(24)28/h6-9,13,16,21H,2-5,10-12,14H2,1H3,(H2,24,28)(H,25,27)/b9-7+. The zero-order chi connectivity index (χ0) is 21.9. The van der Waals surface area contributed by atoms with E-state index in [4.69, 9.17) is 10.5 Å². The molecule has 1 heterocycles. The smallest absolute Gasteiger partial charge is 0.387 e. The third kappa shape index (κ3) is 7.98. The van der Waals surface area contributed by atoms with Crippen molar-refractivity contribution in [2.45, 2.75) is 32.8 Å². The maximum atomic E-state index is 12.4. The predicted octanol–water partition coefficient (Wildman–Crippen LogP) is 2.40. The van der Waals surface area contributed by atoms with Gasteiger partial charge in [0.15, 0.2) is 11.5 Å². The van der Waals surface area contributed by atoms with Crippen molar-refractivity contribution < 1.29 is 27.8 Å². The molecule has 0 bridgehead atoms. The number of halogens is 2. The topological polar surface area (TPSA) is 93.9 Å². The Kier molecular flexibility index (Phi) is 9.53. The van der Waals surface area contributed by atoms with Crippen molar-refractivity contribution in [1.82, 2.24) is 10.2 Å². The van der Waals surface area contributed by atoms with Gasteiger partial charge in [0.1, 0.15) is 0 Å². The number of nitrogens with one attached hydrogen (secondary N) is 1. The van der Waals surface area contributed by atoms with Crippen LogP contribution in [0.5, 0.6) is 11.5 Å². The van der Waals surface area contributed by atoms with Gasteiger partial charge < -0.3 is 25.4 Å². The number of hydrogen-bond acceptors (Lipinski definition) is 5. The highest BCUT2D eigenvalue weighted by Gasteiger charge is 2.23. The van der Waals surface area contributed by atoms with Gasteiger partial charge in [0.2, 0.25) is 11.8 Å². The van der Waals surface area contributed by atoms with Crippen molar-refractivity contribution in [3.05, 3.63) is 29.8 Å². The molecule has 0 saturated carbocycles. The van der Waals surface area contributed by atoms with E-state index in [0.717, 1.165) is 32.4 Å². The summed E-state index contributed by atoms with van der Waals surface area (Å²) in [5.74, 6) is -0.454. The first kappa shape index (κ1) is 23.6. The lowest BCUT2D eigenvalue weighted by atomic mass is 9.97. The molecule has 1 aliphatic rings. The van der Waals surface area contributed by atoms with E-state index in [-0.39, 0.29) is 29.2 Å². The lowest BCUT2D eigenvalue weighted by Crippen LogP contribution is -2.42. The molecule has 2 amide bonds. The molecular formula is C21H29F2N3O4. The highest BCUT2D eigenvalue weighted by atomic mass is 19.3. The summed E-state index contributed by atoms with van der Waals surface area (Å²) in [5, 5.41) is 2.80. The van der Waals surface area contributed by atoms with Gasteiger partial charge >= 0.3 is 6.61 Å². The zero-order valence-corrected chi connectivity index (χ0v) is 17.1. The molecule has 1 aromatic carbocycles. The van der Waals surface area contributed by atoms with E-state index in [0.29, 0.717) is 25.3 Å². The zero-order valence-electron chi connectivity index (χ0n) is 17.1. The minimum absolute atomic E-state index is 0.0512. The van der Waals surface area contributed by atoms with E-state index >= 15 is 0 Å². The Balaban J connectivity index is 1.77. The summed E-state index contributed by atoms with van der Waals surface area (Å²) in [6.45, 7) is 2.00. The first-order valence-corrected chi connectivity index (χ1v) is 10.1. The average Bonchev–Trinajstić information content (AvgIpc) is 2.71. The Morgan fingerprint density at radius 2 is 2.17 bits per heavy atom. The number of amides is 2. The fourth-order valence-corrected chi connectivity index (χ4v) is 3.33. The maximum absolute atomic E-state index is 12.4. The molecule has 9 heteroatoms. The van der Waals surface area contributed by atoms with Crippen molar-refractivity contribution in [3.63, 3.8) is 0 Å². The van der Waals surface area contributed by atoms with Crippen LogP contribution in [0.1, 0.15) is 31.7 Å². The molecule has 1 aromatic rings. The Morgan fingerprint density at radius 3 is 2.87 bits per heavy atom. The second kappa shape index (κ2) is 12.1. The Bertz CT molecular complexity index is 743. The number of alkyl halides is 2. The molecule has 1 fully saturated rings. The molecule has 1 saturated heterocycles.